The summed E-state index contributed by atoms with van der Waals surface area (Å²) in [6.45, 7) is 9.96. The molecule has 1 aliphatic heterocycles. The van der Waals surface area contributed by atoms with Crippen molar-refractivity contribution in [3.8, 4) is 0 Å². The number of carbonyl (C=O) groups is 1. The molecule has 1 aromatic carbocycles. The fourth-order valence-electron chi connectivity index (χ4n) is 3.49. The molecule has 0 saturated carbocycles. The van der Waals surface area contributed by atoms with Crippen molar-refractivity contribution in [3.05, 3.63) is 47.0 Å². The molecule has 28 heavy (non-hydrogen) atoms. The molecule has 4 rings (SSSR count). The van der Waals surface area contributed by atoms with Crippen molar-refractivity contribution in [2.75, 3.05) is 43.4 Å². The maximum absolute atomic E-state index is 12.7. The lowest BCUT2D eigenvalue weighted by Gasteiger charge is -2.34. The number of anilines is 2. The first kappa shape index (κ1) is 18.4. The number of nitrogens with zero attached hydrogens (tertiary/aromatic N) is 6. The molecule has 0 radical (unpaired) electrons. The Morgan fingerprint density at radius 1 is 1.04 bits per heavy atom. The molecular weight excluding hydrogens is 354 g/mol. The molecule has 0 atom stereocenters. The number of likely N-dealkylation sites (N-methyl/N-ethyl adjacent to an activating group) is 1. The predicted molar refractivity (Wildman–Crippen MR) is 109 cm³/mol. The molecule has 1 saturated heterocycles. The van der Waals surface area contributed by atoms with Crippen molar-refractivity contribution in [2.45, 2.75) is 20.8 Å². The number of hydrogen-bond donors (Lipinski definition) is 1. The zero-order valence-electron chi connectivity index (χ0n) is 16.7. The van der Waals surface area contributed by atoms with Crippen LogP contribution in [0.25, 0.3) is 5.78 Å². The van der Waals surface area contributed by atoms with Gasteiger partial charge in [-0.2, -0.15) is 4.98 Å². The molecule has 1 N–H and O–H groups in total. The van der Waals surface area contributed by atoms with Crippen LogP contribution in [-0.4, -0.2) is 63.6 Å². The van der Waals surface area contributed by atoms with E-state index in [1.54, 1.807) is 4.52 Å². The van der Waals surface area contributed by atoms with Gasteiger partial charge in [0.05, 0.1) is 0 Å². The van der Waals surface area contributed by atoms with Gasteiger partial charge >= 0.3 is 0 Å². The molecule has 1 aliphatic rings. The monoisotopic (exact) mass is 379 g/mol. The Hall–Kier alpha value is -3.00. The smallest absolute Gasteiger partial charge is 0.295 e. The molecule has 2 aromatic heterocycles. The van der Waals surface area contributed by atoms with Gasteiger partial charge in [0.2, 0.25) is 5.82 Å². The Labute approximate surface area is 164 Å². The molecule has 0 unspecified atom stereocenters. The number of amides is 1. The maximum Gasteiger partial charge on any atom is 0.295 e. The highest BCUT2D eigenvalue weighted by atomic mass is 16.2. The SMILES string of the molecule is Cc1cc(C)n2nc(C(=O)Nc3ccc(N4CCN(C)CC4)cc3C)nc2n1. The normalized spacial score (nSPS) is 15.2. The average Bonchev–Trinajstić information content (AvgIpc) is 3.08. The summed E-state index contributed by atoms with van der Waals surface area (Å²) in [7, 11) is 2.15. The third kappa shape index (κ3) is 3.55. The zero-order valence-corrected chi connectivity index (χ0v) is 16.7. The Morgan fingerprint density at radius 3 is 2.50 bits per heavy atom. The summed E-state index contributed by atoms with van der Waals surface area (Å²) in [5.41, 5.74) is 4.70. The van der Waals surface area contributed by atoms with Crippen LogP contribution in [0.1, 0.15) is 27.6 Å². The van der Waals surface area contributed by atoms with E-state index in [1.165, 1.54) is 5.69 Å². The standard InChI is InChI=1S/C20H25N7O/c1-13-11-16(26-9-7-25(4)8-10-26)5-6-17(13)22-19(28)18-23-20-21-14(2)12-15(3)27(20)24-18/h5-6,11-12H,7-10H2,1-4H3,(H,22,28). The van der Waals surface area contributed by atoms with Gasteiger partial charge in [-0.15, -0.1) is 5.10 Å². The number of piperazine rings is 1. The molecule has 3 aromatic rings. The Bertz CT molecular complexity index is 1030. The number of aryl methyl sites for hydroxylation is 3. The van der Waals surface area contributed by atoms with Crippen molar-refractivity contribution in [2.24, 2.45) is 0 Å². The maximum atomic E-state index is 12.7. The van der Waals surface area contributed by atoms with Crippen molar-refractivity contribution in [1.29, 1.82) is 0 Å². The first-order chi connectivity index (χ1) is 13.4. The van der Waals surface area contributed by atoms with Crippen LogP contribution >= 0.6 is 0 Å². The van der Waals surface area contributed by atoms with E-state index < -0.39 is 0 Å². The van der Waals surface area contributed by atoms with Crippen LogP contribution in [-0.2, 0) is 0 Å². The van der Waals surface area contributed by atoms with Gasteiger partial charge in [-0.25, -0.2) is 9.50 Å². The number of nitrogens with one attached hydrogen (secondary N) is 1. The molecule has 8 heteroatoms. The van der Waals surface area contributed by atoms with Gasteiger partial charge in [-0.1, -0.05) is 0 Å². The Kier molecular flexibility index (Phi) is 4.72. The van der Waals surface area contributed by atoms with E-state index >= 15 is 0 Å². The third-order valence-electron chi connectivity index (χ3n) is 5.15. The molecule has 0 aliphatic carbocycles. The molecule has 0 spiro atoms. The minimum atomic E-state index is -0.335. The number of aromatic nitrogens is 4. The van der Waals surface area contributed by atoms with E-state index in [1.807, 2.05) is 32.9 Å². The van der Waals surface area contributed by atoms with E-state index in [-0.39, 0.29) is 11.7 Å². The van der Waals surface area contributed by atoms with Crippen LogP contribution < -0.4 is 10.2 Å². The average molecular weight is 379 g/mol. The van der Waals surface area contributed by atoms with Crippen LogP contribution in [0.15, 0.2) is 24.3 Å². The highest BCUT2D eigenvalue weighted by Gasteiger charge is 2.18. The van der Waals surface area contributed by atoms with Crippen LogP contribution in [0.5, 0.6) is 0 Å². The van der Waals surface area contributed by atoms with Crippen molar-refractivity contribution in [3.63, 3.8) is 0 Å². The number of rotatable bonds is 3. The topological polar surface area (TPSA) is 78.7 Å². The van der Waals surface area contributed by atoms with Crippen molar-refractivity contribution >= 4 is 23.1 Å². The summed E-state index contributed by atoms with van der Waals surface area (Å²) in [4.78, 5) is 26.0. The second-order valence-corrected chi connectivity index (χ2v) is 7.43. The predicted octanol–water partition coefficient (Wildman–Crippen LogP) is 2.05. The van der Waals surface area contributed by atoms with Crippen molar-refractivity contribution in [1.82, 2.24) is 24.5 Å². The van der Waals surface area contributed by atoms with Gasteiger partial charge in [0.25, 0.3) is 11.7 Å². The minimum Gasteiger partial charge on any atom is -0.369 e. The summed E-state index contributed by atoms with van der Waals surface area (Å²) in [5, 5.41) is 7.22. The lowest BCUT2D eigenvalue weighted by atomic mass is 10.1. The summed E-state index contributed by atoms with van der Waals surface area (Å²) in [6.07, 6.45) is 0. The summed E-state index contributed by atoms with van der Waals surface area (Å²) >= 11 is 0. The molecule has 3 heterocycles. The van der Waals surface area contributed by atoms with E-state index in [4.69, 9.17) is 0 Å². The first-order valence-corrected chi connectivity index (χ1v) is 9.47. The van der Waals surface area contributed by atoms with Gasteiger partial charge in [0, 0.05) is 48.9 Å². The summed E-state index contributed by atoms with van der Waals surface area (Å²) < 4.78 is 1.59. The third-order valence-corrected chi connectivity index (χ3v) is 5.15. The van der Waals surface area contributed by atoms with Gasteiger partial charge in [-0.3, -0.25) is 4.79 Å². The van der Waals surface area contributed by atoms with Crippen LogP contribution in [0.2, 0.25) is 0 Å². The first-order valence-electron chi connectivity index (χ1n) is 9.47. The fraction of sp³-hybridized carbons (Fsp3) is 0.400. The van der Waals surface area contributed by atoms with E-state index in [0.29, 0.717) is 5.78 Å². The molecular formula is C20H25N7O. The highest BCUT2D eigenvalue weighted by molar-refractivity contribution is 6.02. The minimum absolute atomic E-state index is 0.115. The zero-order chi connectivity index (χ0) is 19.8. The van der Waals surface area contributed by atoms with Gasteiger partial charge < -0.3 is 15.1 Å². The second-order valence-electron chi connectivity index (χ2n) is 7.43. The number of carbonyl (C=O) groups excluding carboxylic acids is 1. The molecule has 1 fully saturated rings. The molecule has 1 amide bonds. The number of hydrogen-bond acceptors (Lipinski definition) is 6. The Morgan fingerprint density at radius 2 is 1.79 bits per heavy atom. The quantitative estimate of drug-likeness (QED) is 0.750. The molecule has 146 valence electrons. The largest absolute Gasteiger partial charge is 0.369 e. The van der Waals surface area contributed by atoms with Crippen LogP contribution in [0, 0.1) is 20.8 Å². The van der Waals surface area contributed by atoms with Crippen LogP contribution in [0.3, 0.4) is 0 Å². The number of fused-ring (bicyclic) bond motifs is 1. The van der Waals surface area contributed by atoms with E-state index in [9.17, 15) is 4.79 Å². The Balaban J connectivity index is 1.52. The molecule has 0 bridgehead atoms. The fourth-order valence-corrected chi connectivity index (χ4v) is 3.49. The van der Waals surface area contributed by atoms with Crippen molar-refractivity contribution < 1.29 is 4.79 Å². The highest BCUT2D eigenvalue weighted by Crippen LogP contribution is 2.24. The van der Waals surface area contributed by atoms with E-state index in [0.717, 1.165) is 48.8 Å². The lowest BCUT2D eigenvalue weighted by Crippen LogP contribution is -2.44. The van der Waals surface area contributed by atoms with Gasteiger partial charge in [0.15, 0.2) is 0 Å². The summed E-state index contributed by atoms with van der Waals surface area (Å²) in [6, 6.07) is 8.03. The van der Waals surface area contributed by atoms with Gasteiger partial charge in [0.1, 0.15) is 0 Å². The summed E-state index contributed by atoms with van der Waals surface area (Å²) in [5.74, 6) is 0.214. The van der Waals surface area contributed by atoms with Gasteiger partial charge in [-0.05, 0) is 57.6 Å². The van der Waals surface area contributed by atoms with E-state index in [2.05, 4.69) is 49.4 Å². The lowest BCUT2D eigenvalue weighted by molar-refractivity contribution is 0.101. The molecule has 8 nitrogen and oxygen atoms in total. The number of benzene rings is 1. The van der Waals surface area contributed by atoms with Crippen LogP contribution in [0.4, 0.5) is 11.4 Å². The second kappa shape index (κ2) is 7.20.